The Hall–Kier alpha value is -4.51. The molecule has 17 heteroatoms. The average molecular weight is 683 g/mol. The normalized spacial score (nSPS) is 12.6. The van der Waals surface area contributed by atoms with E-state index < -0.39 is 0 Å². The van der Waals surface area contributed by atoms with Crippen LogP contribution < -0.4 is 39.5 Å². The standard InChI is InChI=1S/C32H48N16.Mg/c1-41(2)17-18(42(3)4)26-33-25(17)37-27-19(43(5)6)20(44(7)8)29(34-27)39-31-23(47(13)14)24(48(15)16)32(36-31)40-30-22(46(11)12)21(45(9)10)28(35-30)38-26;/h1-16H3;/q-2;+2/p+2. The van der Waals surface area contributed by atoms with Gasteiger partial charge in [0, 0.05) is 118 Å². The molecular formula is C32H50MgN16+2. The minimum atomic E-state index is 0. The van der Waals surface area contributed by atoms with Gasteiger partial charge in [-0.25, -0.2) is 4.98 Å². The first-order valence-electron chi connectivity index (χ1n) is 15.6. The number of hydrogen-bond donors (Lipinski definition) is 0. The van der Waals surface area contributed by atoms with Gasteiger partial charge >= 0.3 is 23.1 Å². The van der Waals surface area contributed by atoms with Crippen molar-refractivity contribution in [2.24, 2.45) is 0 Å². The Balaban J connectivity index is 0.00000541. The fourth-order valence-electron chi connectivity index (χ4n) is 6.15. The summed E-state index contributed by atoms with van der Waals surface area (Å²) in [6, 6.07) is 0. The first-order chi connectivity index (χ1) is 22.4. The van der Waals surface area contributed by atoms with Crippen molar-refractivity contribution in [1.82, 2.24) is 49.5 Å². The van der Waals surface area contributed by atoms with Gasteiger partial charge in [-0.2, -0.15) is 0 Å². The molecule has 16 nitrogen and oxygen atoms in total. The zero-order valence-corrected chi connectivity index (χ0v) is 33.4. The number of rotatable bonds is 8. The van der Waals surface area contributed by atoms with Crippen LogP contribution in [-0.2, 0) is 0 Å². The third-order valence-corrected chi connectivity index (χ3v) is 7.99. The quantitative estimate of drug-likeness (QED) is 0.290. The van der Waals surface area contributed by atoms with Crippen molar-refractivity contribution < 1.29 is 9.97 Å². The molecule has 5 rings (SSSR count). The molecule has 2 N–H and O–H groups in total. The number of fused-ring (bicyclic) bond motifs is 8. The Kier molecular flexibility index (Phi) is 10.5. The van der Waals surface area contributed by atoms with Gasteiger partial charge in [-0.3, -0.25) is 9.97 Å². The third kappa shape index (κ3) is 6.48. The Morgan fingerprint density at radius 2 is 0.510 bits per heavy atom. The molecule has 258 valence electrons. The van der Waals surface area contributed by atoms with Gasteiger partial charge in [0.25, 0.3) is 17.5 Å². The van der Waals surface area contributed by atoms with Crippen LogP contribution in [0, 0.1) is 0 Å². The molecule has 2 aliphatic heterocycles. The van der Waals surface area contributed by atoms with Crippen molar-refractivity contribution in [2.75, 3.05) is 132 Å². The molecule has 0 saturated carbocycles. The van der Waals surface area contributed by atoms with Crippen LogP contribution >= 0.6 is 0 Å². The van der Waals surface area contributed by atoms with Gasteiger partial charge in [-0.05, 0) is 0 Å². The van der Waals surface area contributed by atoms with E-state index in [0.29, 0.717) is 45.9 Å². The molecule has 0 aromatic carbocycles. The van der Waals surface area contributed by atoms with Crippen molar-refractivity contribution in [3.05, 3.63) is 23.3 Å². The third-order valence-electron chi connectivity index (χ3n) is 7.99. The topological polar surface area (TPSA) is 134 Å². The second-order valence-electron chi connectivity index (χ2n) is 13.6. The van der Waals surface area contributed by atoms with Gasteiger partial charge in [0.2, 0.25) is 0 Å². The predicted octanol–water partition coefficient (Wildman–Crippen LogP) is -0.228. The molecule has 0 aliphatic carbocycles. The molecule has 49 heavy (non-hydrogen) atoms. The molecule has 0 spiro atoms. The Labute approximate surface area is 305 Å². The van der Waals surface area contributed by atoms with Gasteiger partial charge in [-0.1, -0.05) is 15.0 Å². The predicted molar refractivity (Wildman–Crippen MR) is 199 cm³/mol. The summed E-state index contributed by atoms with van der Waals surface area (Å²) in [4.78, 5) is 54.3. The number of aromatic nitrogens is 8. The molecular weight excluding hydrogens is 633 g/mol. The first kappa shape index (κ1) is 37.3. The van der Waals surface area contributed by atoms with Gasteiger partial charge in [0.05, 0.1) is 5.69 Å². The van der Waals surface area contributed by atoms with Crippen molar-refractivity contribution in [1.29, 1.82) is 0 Å². The maximum atomic E-state index is 5.20. The van der Waals surface area contributed by atoms with E-state index in [2.05, 4.69) is 9.97 Å². The molecule has 8 bridgehead atoms. The molecule has 0 amide bonds. The summed E-state index contributed by atoms with van der Waals surface area (Å²) >= 11 is 0. The van der Waals surface area contributed by atoms with Crippen molar-refractivity contribution in [2.45, 2.75) is 0 Å². The van der Waals surface area contributed by atoms with Crippen LogP contribution in [0.3, 0.4) is 0 Å². The zero-order chi connectivity index (χ0) is 35.5. The van der Waals surface area contributed by atoms with Crippen LogP contribution in [0.4, 0.5) is 22.7 Å². The summed E-state index contributed by atoms with van der Waals surface area (Å²) < 4.78 is 0. The molecule has 0 unspecified atom stereocenters. The van der Waals surface area contributed by atoms with Gasteiger partial charge in [0.15, 0.2) is 16.9 Å². The summed E-state index contributed by atoms with van der Waals surface area (Å²) in [5.74, 6) is 2.48. The van der Waals surface area contributed by atoms with Crippen LogP contribution in [0.2, 0.25) is 0 Å². The molecule has 3 aromatic rings. The first-order valence-corrected chi connectivity index (χ1v) is 15.6. The summed E-state index contributed by atoms with van der Waals surface area (Å²) in [5.41, 5.74) is 8.98. The van der Waals surface area contributed by atoms with E-state index in [1.807, 2.05) is 152 Å². The molecule has 3 aromatic heterocycles. The Morgan fingerprint density at radius 3 is 0.653 bits per heavy atom. The number of H-pyrrole nitrogens is 2. The van der Waals surface area contributed by atoms with E-state index in [-0.39, 0.29) is 23.1 Å². The minimum Gasteiger partial charge on any atom is -0.375 e. The van der Waals surface area contributed by atoms with E-state index >= 15 is 0 Å². The SMILES string of the molecule is CN(C)C1=C(N(C)C)c2nc3[n-]c(nc4[nH+]c(nc5[n-]c(nc1[nH+]2)c(N(C)C)c5N(C)C)C(N(C)C)=C4N(C)C)c(N(C)C)c3N(C)C.[Mg+2]. The molecule has 2 aliphatic rings. The molecule has 0 saturated heterocycles. The van der Waals surface area contributed by atoms with Crippen LogP contribution in [0.25, 0.3) is 45.4 Å². The van der Waals surface area contributed by atoms with Crippen molar-refractivity contribution in [3.63, 3.8) is 0 Å². The smallest absolute Gasteiger partial charge is 0.375 e. The molecule has 0 fully saturated rings. The largest absolute Gasteiger partial charge is 2.00 e. The monoisotopic (exact) mass is 682 g/mol. The fourth-order valence-corrected chi connectivity index (χ4v) is 6.15. The maximum absolute atomic E-state index is 5.20. The summed E-state index contributed by atoms with van der Waals surface area (Å²) in [6.45, 7) is 0. The molecule has 0 atom stereocenters. The Bertz CT molecular complexity index is 1690. The average Bonchev–Trinajstić information content (AvgIpc) is 3.69. The summed E-state index contributed by atoms with van der Waals surface area (Å²) in [5, 5.41) is 0. The van der Waals surface area contributed by atoms with Crippen LogP contribution in [0.1, 0.15) is 23.3 Å². The summed E-state index contributed by atoms with van der Waals surface area (Å²) in [6.07, 6.45) is 0. The minimum absolute atomic E-state index is 0. The van der Waals surface area contributed by atoms with Crippen LogP contribution in [-0.4, -0.2) is 175 Å². The van der Waals surface area contributed by atoms with Crippen molar-refractivity contribution >= 4 is 91.2 Å². The van der Waals surface area contributed by atoms with Gasteiger partial charge in [0.1, 0.15) is 45.7 Å². The fraction of sp³-hybridized carbons (Fsp3) is 0.500. The Morgan fingerprint density at radius 1 is 0.327 bits per heavy atom. The second-order valence-corrected chi connectivity index (χ2v) is 13.6. The van der Waals surface area contributed by atoms with Crippen LogP contribution in [0.5, 0.6) is 0 Å². The number of nitrogens with zero attached hydrogens (tertiary/aromatic N) is 14. The van der Waals surface area contributed by atoms with E-state index in [1.165, 1.54) is 0 Å². The number of hydrogen-bond acceptors (Lipinski definition) is 12. The molecule has 0 radical (unpaired) electrons. The second kappa shape index (κ2) is 13.8. The molecule has 5 heterocycles. The zero-order valence-electron chi connectivity index (χ0n) is 32.0. The number of nitrogens with one attached hydrogen (secondary N) is 2. The van der Waals surface area contributed by atoms with Gasteiger partial charge in [-0.15, -0.1) is 0 Å². The number of anilines is 4. The van der Waals surface area contributed by atoms with E-state index in [1.54, 1.807) is 0 Å². The number of aromatic amines is 2. The van der Waals surface area contributed by atoms with E-state index in [4.69, 9.17) is 29.9 Å². The van der Waals surface area contributed by atoms with Crippen LogP contribution in [0.15, 0.2) is 0 Å². The van der Waals surface area contributed by atoms with Crippen molar-refractivity contribution in [3.8, 4) is 0 Å². The van der Waals surface area contributed by atoms with Gasteiger partial charge < -0.3 is 49.2 Å². The van der Waals surface area contributed by atoms with E-state index in [9.17, 15) is 0 Å². The summed E-state index contributed by atoms with van der Waals surface area (Å²) in [7, 11) is 31.9. The maximum Gasteiger partial charge on any atom is 2.00 e. The van der Waals surface area contributed by atoms with E-state index in [0.717, 1.165) is 45.5 Å².